The zero-order chi connectivity index (χ0) is 14.6. The number of thioether (sulfide) groups is 1. The third-order valence-corrected chi connectivity index (χ3v) is 5.70. The van der Waals surface area contributed by atoms with Gasteiger partial charge in [-0.1, -0.05) is 28.4 Å². The first-order chi connectivity index (χ1) is 9.58. The van der Waals surface area contributed by atoms with Gasteiger partial charge in [-0.15, -0.1) is 11.8 Å². The summed E-state index contributed by atoms with van der Waals surface area (Å²) in [7, 11) is 1.77. The van der Waals surface area contributed by atoms with E-state index >= 15 is 0 Å². The third kappa shape index (κ3) is 3.38. The van der Waals surface area contributed by atoms with Crippen molar-refractivity contribution in [3.05, 3.63) is 28.7 Å². The Morgan fingerprint density at radius 3 is 3.05 bits per heavy atom. The van der Waals surface area contributed by atoms with Crippen LogP contribution in [0.5, 0.6) is 0 Å². The minimum atomic E-state index is -0.710. The van der Waals surface area contributed by atoms with E-state index in [1.807, 2.05) is 12.1 Å². The number of benzene rings is 1. The predicted octanol–water partition coefficient (Wildman–Crippen LogP) is 3.77. The average molecular weight is 358 g/mol. The molecule has 1 aromatic rings. The molecule has 1 aromatic carbocycles. The summed E-state index contributed by atoms with van der Waals surface area (Å²) in [5, 5.41) is 12.6. The summed E-state index contributed by atoms with van der Waals surface area (Å²) in [4.78, 5) is 12.8. The molecule has 0 saturated heterocycles. The molecule has 1 saturated carbocycles. The third-order valence-electron chi connectivity index (χ3n) is 4.18. The van der Waals surface area contributed by atoms with E-state index < -0.39 is 11.5 Å². The fraction of sp³-hybridized carbons (Fsp3) is 0.533. The number of rotatable bonds is 6. The lowest BCUT2D eigenvalue weighted by molar-refractivity contribution is -0.146. The number of hydrogen-bond acceptors (Lipinski definition) is 3. The van der Waals surface area contributed by atoms with Crippen molar-refractivity contribution in [3.63, 3.8) is 0 Å². The predicted molar refractivity (Wildman–Crippen MR) is 86.3 cm³/mol. The topological polar surface area (TPSA) is 49.3 Å². The molecule has 0 heterocycles. The van der Waals surface area contributed by atoms with Crippen LogP contribution < -0.4 is 5.32 Å². The summed E-state index contributed by atoms with van der Waals surface area (Å²) in [6.07, 6.45) is 3.68. The standard InChI is InChI=1S/C15H20BrNO2S/c1-17-15(14(18)19)8-3-4-11(15)7-9-20-13-6-2-5-12(16)10-13/h2,5-6,10-11,17H,3-4,7-9H2,1H3,(H,18,19). The Morgan fingerprint density at radius 1 is 1.60 bits per heavy atom. The molecule has 1 fully saturated rings. The van der Waals surface area contributed by atoms with Gasteiger partial charge in [-0.25, -0.2) is 0 Å². The number of nitrogens with one attached hydrogen (secondary N) is 1. The quantitative estimate of drug-likeness (QED) is 0.760. The molecule has 2 N–H and O–H groups in total. The molecule has 0 aromatic heterocycles. The largest absolute Gasteiger partial charge is 0.480 e. The summed E-state index contributed by atoms with van der Waals surface area (Å²) in [6.45, 7) is 0. The molecule has 2 unspecified atom stereocenters. The van der Waals surface area contributed by atoms with Gasteiger partial charge in [0.15, 0.2) is 0 Å². The van der Waals surface area contributed by atoms with Crippen LogP contribution in [0.3, 0.4) is 0 Å². The van der Waals surface area contributed by atoms with Crippen molar-refractivity contribution < 1.29 is 9.90 Å². The summed E-state index contributed by atoms with van der Waals surface area (Å²) >= 11 is 5.26. The molecule has 0 amide bonds. The van der Waals surface area contributed by atoms with Crippen LogP contribution in [0.15, 0.2) is 33.6 Å². The zero-order valence-corrected chi connectivity index (χ0v) is 14.0. The number of carbonyl (C=O) groups is 1. The number of halogens is 1. The van der Waals surface area contributed by atoms with Crippen LogP contribution in [0.25, 0.3) is 0 Å². The van der Waals surface area contributed by atoms with Crippen molar-refractivity contribution in [3.8, 4) is 0 Å². The van der Waals surface area contributed by atoms with Gasteiger partial charge in [0, 0.05) is 9.37 Å². The van der Waals surface area contributed by atoms with E-state index in [2.05, 4.69) is 33.4 Å². The molecule has 1 aliphatic rings. The van der Waals surface area contributed by atoms with Crippen molar-refractivity contribution in [2.75, 3.05) is 12.8 Å². The van der Waals surface area contributed by atoms with Gasteiger partial charge >= 0.3 is 5.97 Å². The first kappa shape index (κ1) is 15.9. The monoisotopic (exact) mass is 357 g/mol. The number of hydrogen-bond donors (Lipinski definition) is 2. The highest BCUT2D eigenvalue weighted by molar-refractivity contribution is 9.10. The van der Waals surface area contributed by atoms with Gasteiger partial charge < -0.3 is 10.4 Å². The van der Waals surface area contributed by atoms with Crippen molar-refractivity contribution in [2.24, 2.45) is 5.92 Å². The highest BCUT2D eigenvalue weighted by atomic mass is 79.9. The first-order valence-corrected chi connectivity index (χ1v) is 8.67. The molecule has 5 heteroatoms. The fourth-order valence-electron chi connectivity index (χ4n) is 3.06. The first-order valence-electron chi connectivity index (χ1n) is 6.89. The molecule has 20 heavy (non-hydrogen) atoms. The number of likely N-dealkylation sites (N-methyl/N-ethyl adjacent to an activating group) is 1. The summed E-state index contributed by atoms with van der Waals surface area (Å²) in [6, 6.07) is 8.23. The van der Waals surface area contributed by atoms with Crippen molar-refractivity contribution >= 4 is 33.7 Å². The summed E-state index contributed by atoms with van der Waals surface area (Å²) < 4.78 is 1.08. The Kier molecular flexibility index (Phi) is 5.52. The second-order valence-corrected chi connectivity index (χ2v) is 7.29. The Hall–Kier alpha value is -0.520. The highest BCUT2D eigenvalue weighted by Crippen LogP contribution is 2.39. The molecule has 2 rings (SSSR count). The second-order valence-electron chi connectivity index (χ2n) is 5.21. The normalized spacial score (nSPS) is 25.8. The Bertz CT molecular complexity index is 483. The summed E-state index contributed by atoms with van der Waals surface area (Å²) in [5.41, 5.74) is -0.710. The molecule has 0 spiro atoms. The van der Waals surface area contributed by atoms with E-state index in [4.69, 9.17) is 0 Å². The van der Waals surface area contributed by atoms with E-state index in [0.717, 1.165) is 35.9 Å². The van der Waals surface area contributed by atoms with E-state index in [1.165, 1.54) is 4.90 Å². The van der Waals surface area contributed by atoms with Crippen LogP contribution in [-0.2, 0) is 4.79 Å². The maximum Gasteiger partial charge on any atom is 0.324 e. The number of carboxylic acids is 1. The van der Waals surface area contributed by atoms with Crippen molar-refractivity contribution in [2.45, 2.75) is 36.1 Å². The second kappa shape index (κ2) is 6.96. The molecule has 3 nitrogen and oxygen atoms in total. The minimum absolute atomic E-state index is 0.227. The van der Waals surface area contributed by atoms with Crippen LogP contribution in [0.1, 0.15) is 25.7 Å². The van der Waals surface area contributed by atoms with E-state index in [9.17, 15) is 9.90 Å². The van der Waals surface area contributed by atoms with Crippen LogP contribution in [-0.4, -0.2) is 29.4 Å². The van der Waals surface area contributed by atoms with Crippen molar-refractivity contribution in [1.29, 1.82) is 0 Å². The Labute approximate surface area is 132 Å². The average Bonchev–Trinajstić information content (AvgIpc) is 2.83. The summed E-state index contributed by atoms with van der Waals surface area (Å²) in [5.74, 6) is 0.484. The van der Waals surface area contributed by atoms with Gasteiger partial charge in [0.05, 0.1) is 0 Å². The van der Waals surface area contributed by atoms with Gasteiger partial charge in [-0.05, 0) is 56.2 Å². The molecular weight excluding hydrogens is 338 g/mol. The maximum absolute atomic E-state index is 11.6. The van der Waals surface area contributed by atoms with E-state index in [1.54, 1.807) is 18.8 Å². The molecule has 110 valence electrons. The van der Waals surface area contributed by atoms with Crippen LogP contribution >= 0.6 is 27.7 Å². The Morgan fingerprint density at radius 2 is 2.40 bits per heavy atom. The number of aliphatic carboxylic acids is 1. The maximum atomic E-state index is 11.6. The van der Waals surface area contributed by atoms with Gasteiger partial charge in [0.25, 0.3) is 0 Å². The molecule has 1 aliphatic carbocycles. The van der Waals surface area contributed by atoms with Gasteiger partial charge in [-0.2, -0.15) is 0 Å². The smallest absolute Gasteiger partial charge is 0.324 e. The van der Waals surface area contributed by atoms with Crippen LogP contribution in [0, 0.1) is 5.92 Å². The van der Waals surface area contributed by atoms with Crippen LogP contribution in [0.2, 0.25) is 0 Å². The molecule has 0 radical (unpaired) electrons. The Balaban J connectivity index is 1.92. The van der Waals surface area contributed by atoms with Gasteiger partial charge in [-0.3, -0.25) is 4.79 Å². The van der Waals surface area contributed by atoms with E-state index in [-0.39, 0.29) is 5.92 Å². The SMILES string of the molecule is CNC1(C(=O)O)CCCC1CCSc1cccc(Br)c1. The minimum Gasteiger partial charge on any atom is -0.480 e. The van der Waals surface area contributed by atoms with Crippen molar-refractivity contribution in [1.82, 2.24) is 5.32 Å². The van der Waals surface area contributed by atoms with E-state index in [0.29, 0.717) is 0 Å². The highest BCUT2D eigenvalue weighted by Gasteiger charge is 2.47. The van der Waals surface area contributed by atoms with Gasteiger partial charge in [0.2, 0.25) is 0 Å². The molecular formula is C15H20BrNO2S. The molecule has 0 aliphatic heterocycles. The van der Waals surface area contributed by atoms with Crippen LogP contribution in [0.4, 0.5) is 0 Å². The lowest BCUT2D eigenvalue weighted by Crippen LogP contribution is -2.53. The number of carboxylic acid groups (broad SMARTS) is 1. The van der Waals surface area contributed by atoms with Gasteiger partial charge in [0.1, 0.15) is 5.54 Å². The molecule has 2 atom stereocenters. The molecule has 0 bridgehead atoms. The lowest BCUT2D eigenvalue weighted by Gasteiger charge is -2.31. The zero-order valence-electron chi connectivity index (χ0n) is 11.6. The lowest BCUT2D eigenvalue weighted by atomic mass is 9.85. The fourth-order valence-corrected chi connectivity index (χ4v) is 4.64.